The van der Waals surface area contributed by atoms with Crippen molar-refractivity contribution in [2.45, 2.75) is 6.17 Å². The molecule has 4 heteroatoms. The molecule has 10 heavy (non-hydrogen) atoms. The Morgan fingerprint density at radius 2 is 2.70 bits per heavy atom. The highest BCUT2D eigenvalue weighted by Gasteiger charge is 2.28. The maximum absolute atomic E-state index is 10.9. The summed E-state index contributed by atoms with van der Waals surface area (Å²) in [6.07, 6.45) is 5.34. The maximum atomic E-state index is 10.9. The molecular formula is C6H7N3O. The van der Waals surface area contributed by atoms with Gasteiger partial charge in [-0.1, -0.05) is 0 Å². The summed E-state index contributed by atoms with van der Waals surface area (Å²) in [5.41, 5.74) is 0. The lowest BCUT2D eigenvalue weighted by Crippen LogP contribution is -2.32. The highest BCUT2D eigenvalue weighted by Crippen LogP contribution is 2.08. The molecule has 1 saturated heterocycles. The Morgan fingerprint density at radius 1 is 1.80 bits per heavy atom. The van der Waals surface area contributed by atoms with Crippen LogP contribution in [0.25, 0.3) is 0 Å². The molecule has 0 spiro atoms. The van der Waals surface area contributed by atoms with Crippen LogP contribution in [0.3, 0.4) is 0 Å². The van der Waals surface area contributed by atoms with Gasteiger partial charge >= 0.3 is 0 Å². The fourth-order valence-electron chi connectivity index (χ4n) is 1.07. The summed E-state index contributed by atoms with van der Waals surface area (Å²) >= 11 is 0. The van der Waals surface area contributed by atoms with E-state index in [1.54, 1.807) is 6.21 Å². The highest BCUT2D eigenvalue weighted by molar-refractivity contribution is 5.84. The number of amides is 1. The Balaban J connectivity index is 2.27. The molecule has 52 valence electrons. The van der Waals surface area contributed by atoms with Gasteiger partial charge in [0.15, 0.2) is 0 Å². The molecule has 1 N–H and O–H groups in total. The van der Waals surface area contributed by atoms with Crippen molar-refractivity contribution >= 4 is 12.1 Å². The summed E-state index contributed by atoms with van der Waals surface area (Å²) in [6, 6.07) is 0. The monoisotopic (exact) mass is 137 g/mol. The first kappa shape index (κ1) is 5.61. The molecule has 0 aromatic carbocycles. The van der Waals surface area contributed by atoms with Gasteiger partial charge in [0.1, 0.15) is 6.17 Å². The highest BCUT2D eigenvalue weighted by atomic mass is 16.2. The van der Waals surface area contributed by atoms with Crippen LogP contribution in [0, 0.1) is 0 Å². The van der Waals surface area contributed by atoms with E-state index in [0.717, 1.165) is 0 Å². The summed E-state index contributed by atoms with van der Waals surface area (Å²) in [5.74, 6) is 0.0330. The van der Waals surface area contributed by atoms with E-state index >= 15 is 0 Å². The smallest absolute Gasteiger partial charge is 0.258 e. The number of rotatable bonds is 0. The zero-order chi connectivity index (χ0) is 6.97. The molecule has 0 saturated carbocycles. The van der Waals surface area contributed by atoms with Crippen molar-refractivity contribution in [3.63, 3.8) is 0 Å². The molecule has 0 aromatic rings. The second kappa shape index (κ2) is 1.91. The molecule has 4 nitrogen and oxygen atoms in total. The molecular weight excluding hydrogens is 130 g/mol. The van der Waals surface area contributed by atoms with Gasteiger partial charge in [-0.25, -0.2) is 5.01 Å². The van der Waals surface area contributed by atoms with Crippen LogP contribution >= 0.6 is 0 Å². The van der Waals surface area contributed by atoms with Crippen molar-refractivity contribution in [2.75, 3.05) is 6.54 Å². The molecule has 2 aliphatic heterocycles. The second-order valence-electron chi connectivity index (χ2n) is 2.21. The Labute approximate surface area is 58.2 Å². The predicted octanol–water partition coefficient (Wildman–Crippen LogP) is -0.700. The van der Waals surface area contributed by atoms with E-state index in [0.29, 0.717) is 6.54 Å². The van der Waals surface area contributed by atoms with Gasteiger partial charge in [-0.2, -0.15) is 5.10 Å². The zero-order valence-corrected chi connectivity index (χ0v) is 5.32. The van der Waals surface area contributed by atoms with Crippen molar-refractivity contribution in [2.24, 2.45) is 5.10 Å². The van der Waals surface area contributed by atoms with Gasteiger partial charge in [-0.05, 0) is 12.2 Å². The topological polar surface area (TPSA) is 44.7 Å². The lowest BCUT2D eigenvalue weighted by Gasteiger charge is -2.17. The Kier molecular flexibility index (Phi) is 1.07. The molecule has 0 radical (unpaired) electrons. The summed E-state index contributed by atoms with van der Waals surface area (Å²) in [6.45, 7) is 0.395. The first-order valence-corrected chi connectivity index (χ1v) is 3.14. The number of fused-ring (bicyclic) bond motifs is 1. The van der Waals surface area contributed by atoms with Crippen LogP contribution in [0.1, 0.15) is 0 Å². The number of allylic oxidation sites excluding steroid dienone is 1. The van der Waals surface area contributed by atoms with Crippen LogP contribution in [0.15, 0.2) is 17.3 Å². The van der Waals surface area contributed by atoms with Gasteiger partial charge in [-0.15, -0.1) is 0 Å². The molecule has 0 aliphatic carbocycles. The standard InChI is InChI=1S/C6H7N3O/c10-6-4-7-5-2-1-3-8-9(5)6/h1-3,5,7H,4H2. The average Bonchev–Trinajstić information content (AvgIpc) is 2.34. The zero-order valence-electron chi connectivity index (χ0n) is 5.32. The molecule has 1 unspecified atom stereocenters. The summed E-state index contributed by atoms with van der Waals surface area (Å²) in [4.78, 5) is 10.9. The van der Waals surface area contributed by atoms with Gasteiger partial charge in [-0.3, -0.25) is 10.1 Å². The molecule has 1 fully saturated rings. The number of hydrazone groups is 1. The van der Waals surface area contributed by atoms with E-state index in [4.69, 9.17) is 0 Å². The first-order valence-electron chi connectivity index (χ1n) is 3.14. The molecule has 1 atom stereocenters. The lowest BCUT2D eigenvalue weighted by molar-refractivity contribution is -0.127. The van der Waals surface area contributed by atoms with Crippen molar-refractivity contribution in [3.05, 3.63) is 12.2 Å². The molecule has 2 aliphatic rings. The average molecular weight is 137 g/mol. The van der Waals surface area contributed by atoms with Crippen molar-refractivity contribution < 1.29 is 4.79 Å². The SMILES string of the molecule is O=C1CNC2C=CC=NN12. The fourth-order valence-corrected chi connectivity index (χ4v) is 1.07. The minimum Gasteiger partial charge on any atom is -0.283 e. The Bertz CT molecular complexity index is 221. The van der Waals surface area contributed by atoms with Crippen LogP contribution in [0.2, 0.25) is 0 Å². The molecule has 2 heterocycles. The third kappa shape index (κ3) is 0.657. The molecule has 1 amide bonds. The number of hydrogen-bond acceptors (Lipinski definition) is 3. The number of carbonyl (C=O) groups is 1. The van der Waals surface area contributed by atoms with Crippen LogP contribution in [-0.2, 0) is 4.79 Å². The van der Waals surface area contributed by atoms with Crippen molar-refractivity contribution in [1.29, 1.82) is 0 Å². The first-order chi connectivity index (χ1) is 4.88. The van der Waals surface area contributed by atoms with Crippen molar-refractivity contribution in [1.82, 2.24) is 10.3 Å². The summed E-state index contributed by atoms with van der Waals surface area (Å²) < 4.78 is 0. The van der Waals surface area contributed by atoms with Crippen LogP contribution in [0.4, 0.5) is 0 Å². The Morgan fingerprint density at radius 3 is 3.50 bits per heavy atom. The molecule has 2 rings (SSSR count). The van der Waals surface area contributed by atoms with Gasteiger partial charge in [0, 0.05) is 6.21 Å². The summed E-state index contributed by atoms with van der Waals surface area (Å²) in [7, 11) is 0. The van der Waals surface area contributed by atoms with E-state index in [2.05, 4.69) is 10.4 Å². The minimum atomic E-state index is -0.00231. The third-order valence-electron chi connectivity index (χ3n) is 1.55. The Hall–Kier alpha value is -1.16. The third-order valence-corrected chi connectivity index (χ3v) is 1.55. The predicted molar refractivity (Wildman–Crippen MR) is 36.3 cm³/mol. The van der Waals surface area contributed by atoms with Gasteiger partial charge in [0.2, 0.25) is 0 Å². The number of nitrogens with zero attached hydrogens (tertiary/aromatic N) is 2. The van der Waals surface area contributed by atoms with E-state index < -0.39 is 0 Å². The van der Waals surface area contributed by atoms with Gasteiger partial charge in [0.25, 0.3) is 5.91 Å². The lowest BCUT2D eigenvalue weighted by atomic mass is 10.4. The summed E-state index contributed by atoms with van der Waals surface area (Å²) in [5, 5.41) is 8.31. The largest absolute Gasteiger partial charge is 0.283 e. The second-order valence-corrected chi connectivity index (χ2v) is 2.21. The number of carbonyl (C=O) groups excluding carboxylic acids is 1. The molecule has 0 bridgehead atoms. The van der Waals surface area contributed by atoms with E-state index in [1.165, 1.54) is 5.01 Å². The molecule has 0 aromatic heterocycles. The number of nitrogens with one attached hydrogen (secondary N) is 1. The normalized spacial score (nSPS) is 29.4. The maximum Gasteiger partial charge on any atom is 0.258 e. The van der Waals surface area contributed by atoms with E-state index in [-0.39, 0.29) is 12.1 Å². The van der Waals surface area contributed by atoms with Crippen LogP contribution in [-0.4, -0.2) is 29.8 Å². The van der Waals surface area contributed by atoms with Gasteiger partial charge < -0.3 is 0 Å². The quantitative estimate of drug-likeness (QED) is 0.480. The van der Waals surface area contributed by atoms with Crippen molar-refractivity contribution in [3.8, 4) is 0 Å². The van der Waals surface area contributed by atoms with E-state index in [1.807, 2.05) is 12.2 Å². The fraction of sp³-hybridized carbons (Fsp3) is 0.333. The van der Waals surface area contributed by atoms with Crippen LogP contribution < -0.4 is 5.32 Å². The van der Waals surface area contributed by atoms with Gasteiger partial charge in [0.05, 0.1) is 6.54 Å². The van der Waals surface area contributed by atoms with Crippen LogP contribution in [0.5, 0.6) is 0 Å². The van der Waals surface area contributed by atoms with E-state index in [9.17, 15) is 4.79 Å². The minimum absolute atomic E-state index is 0.00231. The number of hydrogen-bond donors (Lipinski definition) is 1.